The number of alkyl halides is 3. The lowest BCUT2D eigenvalue weighted by atomic mass is 10.1. The Labute approximate surface area is 192 Å². The van der Waals surface area contributed by atoms with Crippen LogP contribution in [-0.2, 0) is 26.3 Å². The van der Waals surface area contributed by atoms with E-state index in [0.717, 1.165) is 18.3 Å². The van der Waals surface area contributed by atoms with Crippen LogP contribution in [-0.4, -0.2) is 35.6 Å². The highest BCUT2D eigenvalue weighted by Crippen LogP contribution is 2.29. The lowest BCUT2D eigenvalue weighted by Gasteiger charge is -2.10. The lowest BCUT2D eigenvalue weighted by Crippen LogP contribution is -2.23. The first-order valence-electron chi connectivity index (χ1n) is 10.1. The van der Waals surface area contributed by atoms with E-state index in [1.165, 1.54) is 6.33 Å². The molecule has 0 saturated heterocycles. The molecule has 9 nitrogen and oxygen atoms in total. The molecule has 174 valence electrons. The van der Waals surface area contributed by atoms with Crippen LogP contribution in [0.3, 0.4) is 0 Å². The standard InChI is InChI=1S/C22H19F3N8O/c1-33-19(31-32-20(33)18-6-7-26-13-30-18)12-28-16-4-2-3-14(9-16)21(34)29-11-17-10-15(5-8-27-17)22(23,24)25/h2-10,13,28H,11-12H2,1H3,(H,29,34). The minimum absolute atomic E-state index is 0.110. The Hall–Kier alpha value is -4.35. The van der Waals surface area contributed by atoms with Gasteiger partial charge in [0.2, 0.25) is 0 Å². The number of amides is 1. The van der Waals surface area contributed by atoms with E-state index in [2.05, 4.69) is 35.8 Å². The molecular formula is C22H19F3N8O. The number of benzene rings is 1. The number of nitrogens with zero attached hydrogens (tertiary/aromatic N) is 6. The van der Waals surface area contributed by atoms with Crippen LogP contribution < -0.4 is 10.6 Å². The Kier molecular flexibility index (Phi) is 6.48. The van der Waals surface area contributed by atoms with Gasteiger partial charge in [-0.2, -0.15) is 13.2 Å². The maximum Gasteiger partial charge on any atom is 0.416 e. The first-order valence-corrected chi connectivity index (χ1v) is 10.1. The number of hydrogen-bond acceptors (Lipinski definition) is 7. The van der Waals surface area contributed by atoms with Crippen molar-refractivity contribution >= 4 is 11.6 Å². The van der Waals surface area contributed by atoms with E-state index < -0.39 is 17.6 Å². The molecule has 3 aromatic heterocycles. The zero-order valence-electron chi connectivity index (χ0n) is 17.9. The van der Waals surface area contributed by atoms with Gasteiger partial charge in [-0.05, 0) is 36.4 Å². The number of rotatable bonds is 7. The van der Waals surface area contributed by atoms with Crippen LogP contribution in [0.2, 0.25) is 0 Å². The highest BCUT2D eigenvalue weighted by molar-refractivity contribution is 5.95. The van der Waals surface area contributed by atoms with Crippen molar-refractivity contribution in [2.45, 2.75) is 19.3 Å². The Morgan fingerprint density at radius 2 is 1.88 bits per heavy atom. The summed E-state index contributed by atoms with van der Waals surface area (Å²) in [6.45, 7) is 0.207. The van der Waals surface area contributed by atoms with E-state index in [0.29, 0.717) is 35.1 Å². The van der Waals surface area contributed by atoms with Crippen molar-refractivity contribution in [1.29, 1.82) is 0 Å². The van der Waals surface area contributed by atoms with Gasteiger partial charge in [0, 0.05) is 30.7 Å². The van der Waals surface area contributed by atoms with Gasteiger partial charge in [-0.1, -0.05) is 6.07 Å². The highest BCUT2D eigenvalue weighted by atomic mass is 19.4. The summed E-state index contributed by atoms with van der Waals surface area (Å²) in [6, 6.07) is 10.3. The number of aromatic nitrogens is 6. The monoisotopic (exact) mass is 468 g/mol. The summed E-state index contributed by atoms with van der Waals surface area (Å²) < 4.78 is 40.3. The summed E-state index contributed by atoms with van der Waals surface area (Å²) >= 11 is 0. The zero-order valence-corrected chi connectivity index (χ0v) is 17.9. The summed E-state index contributed by atoms with van der Waals surface area (Å²) in [7, 11) is 1.82. The largest absolute Gasteiger partial charge is 0.416 e. The number of hydrogen-bond donors (Lipinski definition) is 2. The third-order valence-corrected chi connectivity index (χ3v) is 4.93. The van der Waals surface area contributed by atoms with E-state index in [-0.39, 0.29) is 12.2 Å². The fourth-order valence-corrected chi connectivity index (χ4v) is 3.14. The smallest absolute Gasteiger partial charge is 0.378 e. The molecule has 1 amide bonds. The predicted octanol–water partition coefficient (Wildman–Crippen LogP) is 3.23. The predicted molar refractivity (Wildman–Crippen MR) is 116 cm³/mol. The summed E-state index contributed by atoms with van der Waals surface area (Å²) in [4.78, 5) is 24.5. The molecular weight excluding hydrogens is 449 g/mol. The SMILES string of the molecule is Cn1c(CNc2cccc(C(=O)NCc3cc(C(F)(F)F)ccn3)c2)nnc1-c1ccncn1. The fourth-order valence-electron chi connectivity index (χ4n) is 3.14. The van der Waals surface area contributed by atoms with Gasteiger partial charge in [-0.3, -0.25) is 9.78 Å². The van der Waals surface area contributed by atoms with E-state index in [9.17, 15) is 18.0 Å². The van der Waals surface area contributed by atoms with Crippen molar-refractivity contribution < 1.29 is 18.0 Å². The Morgan fingerprint density at radius 3 is 2.65 bits per heavy atom. The molecule has 3 heterocycles. The van der Waals surface area contributed by atoms with Crippen LogP contribution >= 0.6 is 0 Å². The first-order chi connectivity index (χ1) is 16.3. The average molecular weight is 468 g/mol. The van der Waals surface area contributed by atoms with Gasteiger partial charge in [0.1, 0.15) is 12.0 Å². The van der Waals surface area contributed by atoms with Gasteiger partial charge in [-0.15, -0.1) is 10.2 Å². The van der Waals surface area contributed by atoms with Crippen LogP contribution in [0.1, 0.15) is 27.4 Å². The molecule has 0 saturated carbocycles. The van der Waals surface area contributed by atoms with E-state index in [1.807, 2.05) is 7.05 Å². The lowest BCUT2D eigenvalue weighted by molar-refractivity contribution is -0.137. The molecule has 4 aromatic rings. The molecule has 0 fully saturated rings. The molecule has 0 radical (unpaired) electrons. The molecule has 2 N–H and O–H groups in total. The van der Waals surface area contributed by atoms with Gasteiger partial charge in [0.15, 0.2) is 11.6 Å². The molecule has 4 rings (SSSR count). The first kappa shape index (κ1) is 22.8. The summed E-state index contributed by atoms with van der Waals surface area (Å²) in [5, 5.41) is 14.1. The fraction of sp³-hybridized carbons (Fsp3) is 0.182. The number of carbonyl (C=O) groups excluding carboxylic acids is 1. The highest BCUT2D eigenvalue weighted by Gasteiger charge is 2.30. The van der Waals surface area contributed by atoms with Gasteiger partial charge in [0.05, 0.1) is 24.3 Å². The second-order valence-corrected chi connectivity index (χ2v) is 7.24. The van der Waals surface area contributed by atoms with Gasteiger partial charge in [0.25, 0.3) is 5.91 Å². The van der Waals surface area contributed by atoms with Crippen molar-refractivity contribution in [1.82, 2.24) is 35.0 Å². The summed E-state index contributed by atoms with van der Waals surface area (Å²) in [5.74, 6) is 0.808. The van der Waals surface area contributed by atoms with Gasteiger partial charge in [-0.25, -0.2) is 9.97 Å². The molecule has 0 unspecified atom stereocenters. The van der Waals surface area contributed by atoms with Crippen molar-refractivity contribution in [2.75, 3.05) is 5.32 Å². The van der Waals surface area contributed by atoms with Crippen molar-refractivity contribution in [3.63, 3.8) is 0 Å². The molecule has 1 aromatic carbocycles. The quantitative estimate of drug-likeness (QED) is 0.428. The Bertz CT molecular complexity index is 1290. The normalized spacial score (nSPS) is 11.3. The van der Waals surface area contributed by atoms with Gasteiger partial charge >= 0.3 is 6.18 Å². The van der Waals surface area contributed by atoms with Gasteiger partial charge < -0.3 is 15.2 Å². The minimum Gasteiger partial charge on any atom is -0.378 e. The van der Waals surface area contributed by atoms with Crippen LogP contribution in [0, 0.1) is 0 Å². The number of carbonyl (C=O) groups is 1. The van der Waals surface area contributed by atoms with Crippen LogP contribution in [0.15, 0.2) is 61.2 Å². The molecule has 34 heavy (non-hydrogen) atoms. The average Bonchev–Trinajstić information content (AvgIpc) is 3.21. The molecule has 0 spiro atoms. The zero-order chi connectivity index (χ0) is 24.1. The number of halogens is 3. The molecule has 12 heteroatoms. The van der Waals surface area contributed by atoms with Crippen LogP contribution in [0.5, 0.6) is 0 Å². The molecule has 0 aliphatic heterocycles. The summed E-state index contributed by atoms with van der Waals surface area (Å²) in [5.41, 5.74) is 0.946. The van der Waals surface area contributed by atoms with E-state index >= 15 is 0 Å². The summed E-state index contributed by atoms with van der Waals surface area (Å²) in [6.07, 6.45) is -0.354. The van der Waals surface area contributed by atoms with Crippen molar-refractivity contribution in [2.24, 2.45) is 7.05 Å². The maximum atomic E-state index is 12.8. The molecule has 0 aliphatic carbocycles. The Balaban J connectivity index is 1.38. The Morgan fingerprint density at radius 1 is 1.03 bits per heavy atom. The van der Waals surface area contributed by atoms with E-state index in [1.54, 1.807) is 41.1 Å². The van der Waals surface area contributed by atoms with Crippen LogP contribution in [0.25, 0.3) is 11.5 Å². The maximum absolute atomic E-state index is 12.8. The second kappa shape index (κ2) is 9.65. The van der Waals surface area contributed by atoms with E-state index in [4.69, 9.17) is 0 Å². The van der Waals surface area contributed by atoms with Crippen LogP contribution in [0.4, 0.5) is 18.9 Å². The molecule has 0 atom stereocenters. The van der Waals surface area contributed by atoms with Crippen molar-refractivity contribution in [3.05, 3.63) is 83.8 Å². The number of nitrogens with one attached hydrogen (secondary N) is 2. The molecule has 0 bridgehead atoms. The topological polar surface area (TPSA) is 111 Å². The third kappa shape index (κ3) is 5.34. The minimum atomic E-state index is -4.47. The second-order valence-electron chi connectivity index (χ2n) is 7.24. The number of anilines is 1. The third-order valence-electron chi connectivity index (χ3n) is 4.93. The number of pyridine rings is 1. The van der Waals surface area contributed by atoms with Crippen molar-refractivity contribution in [3.8, 4) is 11.5 Å². The molecule has 0 aliphatic rings.